The van der Waals surface area contributed by atoms with E-state index in [2.05, 4.69) is 30.5 Å². The summed E-state index contributed by atoms with van der Waals surface area (Å²) >= 11 is 3.07. The molecule has 1 amide bonds. The Morgan fingerprint density at radius 3 is 2.53 bits per heavy atom. The molecule has 2 aliphatic rings. The Bertz CT molecular complexity index is 1030. The van der Waals surface area contributed by atoms with Gasteiger partial charge < -0.3 is 9.64 Å². The van der Waals surface area contributed by atoms with Gasteiger partial charge in [0.15, 0.2) is 5.17 Å². The Labute approximate surface area is 185 Å². The number of para-hydroxylation sites is 1. The maximum absolute atomic E-state index is 13.3. The van der Waals surface area contributed by atoms with E-state index in [4.69, 9.17) is 9.73 Å². The van der Waals surface area contributed by atoms with Crippen molar-refractivity contribution in [1.29, 1.82) is 0 Å². The maximum atomic E-state index is 13.3. The van der Waals surface area contributed by atoms with Crippen LogP contribution in [0.5, 0.6) is 5.75 Å². The fourth-order valence-corrected chi connectivity index (χ4v) is 5.72. The van der Waals surface area contributed by atoms with Gasteiger partial charge in [-0.25, -0.2) is 4.99 Å². The summed E-state index contributed by atoms with van der Waals surface area (Å²) in [5.74, 6) is 0.777. The van der Waals surface area contributed by atoms with Crippen LogP contribution in [0.1, 0.15) is 13.8 Å². The van der Waals surface area contributed by atoms with Gasteiger partial charge in [-0.3, -0.25) is 9.69 Å². The molecule has 0 bridgehead atoms. The van der Waals surface area contributed by atoms with Crippen LogP contribution in [-0.2, 0) is 4.79 Å². The molecule has 5 nitrogen and oxygen atoms in total. The van der Waals surface area contributed by atoms with E-state index in [1.807, 2.05) is 43.3 Å². The predicted octanol–water partition coefficient (Wildman–Crippen LogP) is 5.64. The third-order valence-corrected chi connectivity index (χ3v) is 7.04. The number of carbonyl (C=O) groups is 1. The fourth-order valence-electron chi connectivity index (χ4n) is 3.32. The Morgan fingerprint density at radius 1 is 1.07 bits per heavy atom. The molecule has 2 aromatic carbocycles. The number of benzene rings is 2. The van der Waals surface area contributed by atoms with E-state index in [1.54, 1.807) is 22.7 Å². The van der Waals surface area contributed by atoms with Crippen molar-refractivity contribution < 1.29 is 9.53 Å². The third-order valence-electron chi connectivity index (χ3n) is 4.67. The van der Waals surface area contributed by atoms with Gasteiger partial charge >= 0.3 is 0 Å². The molecule has 0 spiro atoms. The number of fused-ring (bicyclic) bond motifs is 1. The average molecular weight is 438 g/mol. The molecule has 2 aromatic rings. The van der Waals surface area contributed by atoms with Crippen molar-refractivity contribution in [2.45, 2.75) is 18.7 Å². The number of aliphatic imine (C=N–C) groups is 1. The molecule has 0 saturated carbocycles. The second kappa shape index (κ2) is 9.02. The first-order valence-corrected chi connectivity index (χ1v) is 11.5. The van der Waals surface area contributed by atoms with Gasteiger partial charge in [-0.1, -0.05) is 30.0 Å². The van der Waals surface area contributed by atoms with Gasteiger partial charge in [0.2, 0.25) is 0 Å². The zero-order valence-electron chi connectivity index (χ0n) is 17.0. The van der Waals surface area contributed by atoms with E-state index in [0.717, 1.165) is 28.7 Å². The molecule has 7 heteroatoms. The van der Waals surface area contributed by atoms with Crippen LogP contribution in [0.2, 0.25) is 0 Å². The van der Waals surface area contributed by atoms with Crippen LogP contribution in [-0.4, -0.2) is 35.7 Å². The Kier molecular flexibility index (Phi) is 6.20. The second-order valence-electron chi connectivity index (χ2n) is 6.58. The Balaban J connectivity index is 1.70. The Hall–Kier alpha value is -2.64. The first kappa shape index (κ1) is 20.6. The molecule has 154 valence electrons. The molecule has 4 rings (SSSR count). The van der Waals surface area contributed by atoms with Crippen LogP contribution in [0.15, 0.2) is 81.0 Å². The predicted molar refractivity (Wildman–Crippen MR) is 127 cm³/mol. The van der Waals surface area contributed by atoms with E-state index in [1.165, 1.54) is 16.7 Å². The molecule has 0 unspecified atom stereocenters. The van der Waals surface area contributed by atoms with E-state index in [9.17, 15) is 4.79 Å². The lowest BCUT2D eigenvalue weighted by molar-refractivity contribution is -0.121. The minimum Gasteiger partial charge on any atom is -0.494 e. The average Bonchev–Trinajstić information content (AvgIpc) is 3.28. The highest BCUT2D eigenvalue weighted by Gasteiger charge is 2.39. The number of nitrogens with zero attached hydrogens (tertiary/aromatic N) is 3. The number of hydrogen-bond donors (Lipinski definition) is 0. The standard InChI is InChI=1S/C23H23N3O2S2/c1-4-15-26-21(27)20(22-25(5-2)18-9-7-8-10-19(18)29-22)30-23(26)24-16-11-13-17(14-12-16)28-6-3/h4,7-14H,1,5-6,15H2,2-3H3/b22-20+,24-23?. The number of hydrogen-bond acceptors (Lipinski definition) is 6. The lowest BCUT2D eigenvalue weighted by atomic mass is 10.3. The highest BCUT2D eigenvalue weighted by atomic mass is 32.2. The molecule has 2 heterocycles. The summed E-state index contributed by atoms with van der Waals surface area (Å²) in [7, 11) is 0. The number of rotatable bonds is 6. The number of carbonyl (C=O) groups excluding carboxylic acids is 1. The van der Waals surface area contributed by atoms with Crippen LogP contribution in [0.25, 0.3) is 0 Å². The van der Waals surface area contributed by atoms with Crippen molar-refractivity contribution in [2.75, 3.05) is 24.6 Å². The van der Waals surface area contributed by atoms with Crippen LogP contribution in [0.4, 0.5) is 11.4 Å². The second-order valence-corrected chi connectivity index (χ2v) is 8.58. The van der Waals surface area contributed by atoms with Gasteiger partial charge in [0.25, 0.3) is 5.91 Å². The van der Waals surface area contributed by atoms with E-state index in [-0.39, 0.29) is 5.91 Å². The van der Waals surface area contributed by atoms with Crippen molar-refractivity contribution in [3.05, 3.63) is 71.1 Å². The molecule has 1 saturated heterocycles. The van der Waals surface area contributed by atoms with Gasteiger partial charge in [0.05, 0.1) is 18.0 Å². The molecule has 0 aromatic heterocycles. The zero-order chi connectivity index (χ0) is 21.1. The van der Waals surface area contributed by atoms with E-state index < -0.39 is 0 Å². The molecular formula is C23H23N3O2S2. The van der Waals surface area contributed by atoms with Gasteiger partial charge in [-0.15, -0.1) is 6.58 Å². The molecule has 0 N–H and O–H groups in total. The summed E-state index contributed by atoms with van der Waals surface area (Å²) in [6, 6.07) is 15.8. The number of ether oxygens (including phenoxy) is 1. The lowest BCUT2D eigenvalue weighted by Gasteiger charge is -2.19. The molecule has 0 atom stereocenters. The lowest BCUT2D eigenvalue weighted by Crippen LogP contribution is -2.30. The molecule has 0 aliphatic carbocycles. The topological polar surface area (TPSA) is 45.1 Å². The van der Waals surface area contributed by atoms with Gasteiger partial charge in [-0.05, 0) is 62.0 Å². The highest BCUT2D eigenvalue weighted by molar-refractivity contribution is 8.19. The van der Waals surface area contributed by atoms with E-state index in [0.29, 0.717) is 23.2 Å². The van der Waals surface area contributed by atoms with Crippen molar-refractivity contribution >= 4 is 46.0 Å². The molecule has 0 radical (unpaired) electrons. The first-order chi connectivity index (χ1) is 14.7. The smallest absolute Gasteiger partial charge is 0.269 e. The molecular weight excluding hydrogens is 414 g/mol. The van der Waals surface area contributed by atoms with Crippen molar-refractivity contribution in [2.24, 2.45) is 4.99 Å². The Morgan fingerprint density at radius 2 is 1.83 bits per heavy atom. The molecule has 1 fully saturated rings. The minimum absolute atomic E-state index is 0.0293. The van der Waals surface area contributed by atoms with Crippen LogP contribution < -0.4 is 9.64 Å². The fraction of sp³-hybridized carbons (Fsp3) is 0.217. The van der Waals surface area contributed by atoms with Gasteiger partial charge in [0, 0.05) is 18.0 Å². The van der Waals surface area contributed by atoms with Gasteiger partial charge in [0.1, 0.15) is 15.7 Å². The number of amidine groups is 1. The summed E-state index contributed by atoms with van der Waals surface area (Å²) < 4.78 is 5.50. The number of thioether (sulfide) groups is 2. The van der Waals surface area contributed by atoms with Gasteiger partial charge in [-0.2, -0.15) is 0 Å². The summed E-state index contributed by atoms with van der Waals surface area (Å²) in [5, 5.41) is 1.64. The number of anilines is 1. The van der Waals surface area contributed by atoms with Crippen molar-refractivity contribution in [3.63, 3.8) is 0 Å². The summed E-state index contributed by atoms with van der Waals surface area (Å²) in [4.78, 5) is 23.8. The summed E-state index contributed by atoms with van der Waals surface area (Å²) in [6.07, 6.45) is 1.73. The third kappa shape index (κ3) is 3.87. The SMILES string of the molecule is C=CCN1C(=O)/C(=C2\Sc3ccccc3N2CC)SC1=Nc1ccc(OCC)cc1. The van der Waals surface area contributed by atoms with Crippen LogP contribution >= 0.6 is 23.5 Å². The molecule has 2 aliphatic heterocycles. The van der Waals surface area contributed by atoms with Crippen molar-refractivity contribution in [1.82, 2.24) is 4.90 Å². The van der Waals surface area contributed by atoms with Crippen molar-refractivity contribution in [3.8, 4) is 5.75 Å². The van der Waals surface area contributed by atoms with E-state index >= 15 is 0 Å². The maximum Gasteiger partial charge on any atom is 0.269 e. The quantitative estimate of drug-likeness (QED) is 0.433. The van der Waals surface area contributed by atoms with Crippen LogP contribution in [0, 0.1) is 0 Å². The van der Waals surface area contributed by atoms with Crippen LogP contribution in [0.3, 0.4) is 0 Å². The zero-order valence-corrected chi connectivity index (χ0v) is 18.6. The molecule has 30 heavy (non-hydrogen) atoms. The summed E-state index contributed by atoms with van der Waals surface area (Å²) in [6.45, 7) is 9.70. The normalized spacial score (nSPS) is 19.5. The monoisotopic (exact) mass is 437 g/mol. The first-order valence-electron chi connectivity index (χ1n) is 9.87. The number of amides is 1. The highest BCUT2D eigenvalue weighted by Crippen LogP contribution is 2.50. The summed E-state index contributed by atoms with van der Waals surface area (Å²) in [5.41, 5.74) is 1.93. The minimum atomic E-state index is -0.0293. The largest absolute Gasteiger partial charge is 0.494 e.